The van der Waals surface area contributed by atoms with Gasteiger partial charge in [-0.15, -0.1) is 0 Å². The zero-order valence-corrected chi connectivity index (χ0v) is 13.7. The molecule has 21 heavy (non-hydrogen) atoms. The summed E-state index contributed by atoms with van der Waals surface area (Å²) in [5, 5.41) is 5.72. The number of imide groups is 1. The van der Waals surface area contributed by atoms with Crippen molar-refractivity contribution in [2.24, 2.45) is 5.92 Å². The number of hydrogen-bond acceptors (Lipinski definition) is 4. The van der Waals surface area contributed by atoms with Gasteiger partial charge in [0.05, 0.1) is 17.5 Å². The van der Waals surface area contributed by atoms with Crippen LogP contribution in [0.3, 0.4) is 0 Å². The van der Waals surface area contributed by atoms with E-state index in [0.29, 0.717) is 19.4 Å². The first-order valence-electron chi connectivity index (χ1n) is 6.91. The topological polar surface area (TPSA) is 67.4 Å². The summed E-state index contributed by atoms with van der Waals surface area (Å²) in [5.74, 6) is 0.285. The molecule has 5 nitrogen and oxygen atoms in total. The third-order valence-electron chi connectivity index (χ3n) is 3.70. The summed E-state index contributed by atoms with van der Waals surface area (Å²) < 4.78 is 6.11. The van der Waals surface area contributed by atoms with Crippen LogP contribution in [0.25, 0.3) is 0 Å². The molecule has 0 bridgehead atoms. The second kappa shape index (κ2) is 7.04. The summed E-state index contributed by atoms with van der Waals surface area (Å²) in [4.78, 5) is 22.8. The Bertz CT molecular complexity index is 548. The van der Waals surface area contributed by atoms with Gasteiger partial charge < -0.3 is 10.1 Å². The number of benzene rings is 1. The maximum atomic E-state index is 11.7. The van der Waals surface area contributed by atoms with Crippen LogP contribution in [0.1, 0.15) is 31.4 Å². The van der Waals surface area contributed by atoms with Crippen LogP contribution in [-0.4, -0.2) is 25.5 Å². The van der Waals surface area contributed by atoms with Crippen LogP contribution in [0.4, 0.5) is 0 Å². The molecule has 6 heteroatoms. The second-order valence-corrected chi connectivity index (χ2v) is 6.03. The van der Waals surface area contributed by atoms with Gasteiger partial charge in [-0.25, -0.2) is 0 Å². The SMILES string of the molecule is COc1ccc(C(C)NCC2CCC(=O)NC2=O)cc1Br. The highest BCUT2D eigenvalue weighted by Gasteiger charge is 2.26. The summed E-state index contributed by atoms with van der Waals surface area (Å²) in [6.45, 7) is 2.60. The van der Waals surface area contributed by atoms with Crippen LogP contribution in [-0.2, 0) is 9.59 Å². The Balaban J connectivity index is 1.92. The predicted octanol–water partition coefficient (Wildman–Crippen LogP) is 2.16. The molecule has 1 fully saturated rings. The largest absolute Gasteiger partial charge is 0.496 e. The highest BCUT2D eigenvalue weighted by Crippen LogP contribution is 2.28. The molecule has 0 aliphatic carbocycles. The molecule has 1 saturated heterocycles. The van der Waals surface area contributed by atoms with Crippen molar-refractivity contribution in [2.75, 3.05) is 13.7 Å². The third kappa shape index (κ3) is 4.04. The fourth-order valence-corrected chi connectivity index (χ4v) is 2.88. The highest BCUT2D eigenvalue weighted by molar-refractivity contribution is 9.10. The molecule has 114 valence electrons. The fraction of sp³-hybridized carbons (Fsp3) is 0.467. The normalized spacial score (nSPS) is 20.0. The maximum absolute atomic E-state index is 11.7. The number of hydrogen-bond donors (Lipinski definition) is 2. The molecule has 2 amide bonds. The average molecular weight is 355 g/mol. The van der Waals surface area contributed by atoms with Crippen molar-refractivity contribution < 1.29 is 14.3 Å². The Labute approximate surface area is 132 Å². The van der Waals surface area contributed by atoms with E-state index in [0.717, 1.165) is 15.8 Å². The van der Waals surface area contributed by atoms with E-state index < -0.39 is 0 Å². The minimum Gasteiger partial charge on any atom is -0.496 e. The zero-order valence-electron chi connectivity index (χ0n) is 12.1. The van der Waals surface area contributed by atoms with E-state index in [1.165, 1.54) is 0 Å². The van der Waals surface area contributed by atoms with Crippen LogP contribution in [0, 0.1) is 5.92 Å². The average Bonchev–Trinajstić information content (AvgIpc) is 2.46. The summed E-state index contributed by atoms with van der Waals surface area (Å²) in [5.41, 5.74) is 1.11. The smallest absolute Gasteiger partial charge is 0.230 e. The van der Waals surface area contributed by atoms with Crippen LogP contribution < -0.4 is 15.4 Å². The molecule has 0 spiro atoms. The van der Waals surface area contributed by atoms with E-state index in [1.807, 2.05) is 25.1 Å². The number of piperidine rings is 1. The molecule has 2 atom stereocenters. The summed E-state index contributed by atoms with van der Waals surface area (Å²) in [7, 11) is 1.63. The first kappa shape index (κ1) is 16.0. The number of halogens is 1. The lowest BCUT2D eigenvalue weighted by Gasteiger charge is -2.23. The minimum absolute atomic E-state index is 0.109. The third-order valence-corrected chi connectivity index (χ3v) is 4.32. The van der Waals surface area contributed by atoms with Crippen LogP contribution >= 0.6 is 15.9 Å². The lowest BCUT2D eigenvalue weighted by Crippen LogP contribution is -2.44. The fourth-order valence-electron chi connectivity index (χ4n) is 2.32. The number of carbonyl (C=O) groups is 2. The highest BCUT2D eigenvalue weighted by atomic mass is 79.9. The zero-order chi connectivity index (χ0) is 15.4. The van der Waals surface area contributed by atoms with Crippen molar-refractivity contribution in [3.05, 3.63) is 28.2 Å². The number of rotatable bonds is 5. The van der Waals surface area contributed by atoms with Crippen LogP contribution in [0.5, 0.6) is 5.75 Å². The van der Waals surface area contributed by atoms with Gasteiger partial charge in [0.25, 0.3) is 0 Å². The molecular weight excluding hydrogens is 336 g/mol. The lowest BCUT2D eigenvalue weighted by molar-refractivity contribution is -0.136. The quantitative estimate of drug-likeness (QED) is 0.795. The maximum Gasteiger partial charge on any atom is 0.230 e. The summed E-state index contributed by atoms with van der Waals surface area (Å²) >= 11 is 3.47. The van der Waals surface area contributed by atoms with Crippen LogP contribution in [0.2, 0.25) is 0 Å². The monoisotopic (exact) mass is 354 g/mol. The van der Waals surface area contributed by atoms with Crippen molar-refractivity contribution in [3.8, 4) is 5.75 Å². The molecule has 1 aromatic rings. The van der Waals surface area contributed by atoms with Crippen molar-refractivity contribution in [3.63, 3.8) is 0 Å². The standard InChI is InChI=1S/C15H19BrN2O3/c1-9(10-3-5-13(21-2)12(16)7-10)17-8-11-4-6-14(19)18-15(11)20/h3,5,7,9,11,17H,4,6,8H2,1-2H3,(H,18,19,20). The molecule has 1 heterocycles. The van der Waals surface area contributed by atoms with E-state index in [4.69, 9.17) is 4.74 Å². The Morgan fingerprint density at radius 1 is 1.48 bits per heavy atom. The van der Waals surface area contributed by atoms with Crippen molar-refractivity contribution in [2.45, 2.75) is 25.8 Å². The first-order chi connectivity index (χ1) is 10.0. The Hall–Kier alpha value is -1.40. The van der Waals surface area contributed by atoms with E-state index >= 15 is 0 Å². The number of ether oxygens (including phenoxy) is 1. The molecule has 1 aliphatic heterocycles. The van der Waals surface area contributed by atoms with Crippen molar-refractivity contribution in [1.82, 2.24) is 10.6 Å². The molecule has 2 unspecified atom stereocenters. The van der Waals surface area contributed by atoms with Gasteiger partial charge >= 0.3 is 0 Å². The summed E-state index contributed by atoms with van der Waals surface area (Å²) in [6, 6.07) is 6.01. The number of methoxy groups -OCH3 is 1. The number of nitrogens with one attached hydrogen (secondary N) is 2. The first-order valence-corrected chi connectivity index (χ1v) is 7.71. The van der Waals surface area contributed by atoms with Gasteiger partial charge in [0.15, 0.2) is 0 Å². The molecule has 0 saturated carbocycles. The van der Waals surface area contributed by atoms with Gasteiger partial charge in [0, 0.05) is 19.0 Å². The lowest BCUT2D eigenvalue weighted by atomic mass is 9.97. The van der Waals surface area contributed by atoms with Gasteiger partial charge in [-0.2, -0.15) is 0 Å². The Morgan fingerprint density at radius 2 is 2.24 bits per heavy atom. The van der Waals surface area contributed by atoms with E-state index in [1.54, 1.807) is 7.11 Å². The van der Waals surface area contributed by atoms with Crippen molar-refractivity contribution in [1.29, 1.82) is 0 Å². The Kier molecular flexibility index (Phi) is 5.36. The molecule has 2 N–H and O–H groups in total. The number of carbonyl (C=O) groups excluding carboxylic acids is 2. The van der Waals surface area contributed by atoms with E-state index in [2.05, 4.69) is 26.6 Å². The van der Waals surface area contributed by atoms with E-state index in [-0.39, 0.29) is 23.8 Å². The van der Waals surface area contributed by atoms with Crippen LogP contribution in [0.15, 0.2) is 22.7 Å². The molecular formula is C15H19BrN2O3. The Morgan fingerprint density at radius 3 is 2.86 bits per heavy atom. The van der Waals surface area contributed by atoms with Gasteiger partial charge in [-0.3, -0.25) is 14.9 Å². The van der Waals surface area contributed by atoms with Crippen molar-refractivity contribution >= 4 is 27.7 Å². The number of amides is 2. The summed E-state index contributed by atoms with van der Waals surface area (Å²) in [6.07, 6.45) is 1.03. The molecule has 1 aliphatic rings. The molecule has 2 rings (SSSR count). The van der Waals surface area contributed by atoms with Gasteiger partial charge in [-0.05, 0) is 47.0 Å². The van der Waals surface area contributed by atoms with E-state index in [9.17, 15) is 9.59 Å². The predicted molar refractivity (Wildman–Crippen MR) is 83.0 cm³/mol. The molecule has 1 aromatic carbocycles. The van der Waals surface area contributed by atoms with Gasteiger partial charge in [-0.1, -0.05) is 6.07 Å². The molecule has 0 radical (unpaired) electrons. The molecule has 0 aromatic heterocycles. The minimum atomic E-state index is -0.179. The van der Waals surface area contributed by atoms with Gasteiger partial charge in [0.2, 0.25) is 11.8 Å². The van der Waals surface area contributed by atoms with Gasteiger partial charge in [0.1, 0.15) is 5.75 Å². The second-order valence-electron chi connectivity index (χ2n) is 5.17.